The summed E-state index contributed by atoms with van der Waals surface area (Å²) in [5.41, 5.74) is 8.07. The Labute approximate surface area is 101 Å². The van der Waals surface area contributed by atoms with Crippen molar-refractivity contribution in [1.82, 2.24) is 0 Å². The molecule has 0 saturated heterocycles. The van der Waals surface area contributed by atoms with Crippen LogP contribution < -0.4 is 11.1 Å². The topological polar surface area (TPSA) is 55.1 Å². The molecule has 3 nitrogen and oxygen atoms in total. The molecule has 1 rings (SSSR count). The molecule has 1 amide bonds. The van der Waals surface area contributed by atoms with Crippen LogP contribution in [0.1, 0.15) is 30.9 Å². The molecule has 16 heavy (non-hydrogen) atoms. The van der Waals surface area contributed by atoms with E-state index in [1.165, 1.54) is 0 Å². The van der Waals surface area contributed by atoms with Crippen LogP contribution in [0.2, 0.25) is 0 Å². The number of nitrogens with one attached hydrogen (secondary N) is 1. The highest BCUT2D eigenvalue weighted by Gasteiger charge is 2.10. The number of aryl methyl sites for hydroxylation is 1. The molecule has 0 aromatic heterocycles. The highest BCUT2D eigenvalue weighted by atomic mass is 32.1. The molecule has 1 aromatic rings. The molecular formula is C12H16N2OS. The third-order valence-electron chi connectivity index (χ3n) is 2.27. The maximum absolute atomic E-state index is 11.5. The summed E-state index contributed by atoms with van der Waals surface area (Å²) in [5.74, 6) is -0.00870. The van der Waals surface area contributed by atoms with Gasteiger partial charge >= 0.3 is 0 Å². The van der Waals surface area contributed by atoms with Gasteiger partial charge in [0.15, 0.2) is 0 Å². The lowest BCUT2D eigenvalue weighted by Gasteiger charge is -2.12. The number of rotatable bonds is 4. The summed E-state index contributed by atoms with van der Waals surface area (Å²) in [6, 6.07) is 5.61. The van der Waals surface area contributed by atoms with Gasteiger partial charge in [0, 0.05) is 12.0 Å². The van der Waals surface area contributed by atoms with Crippen LogP contribution in [0.5, 0.6) is 0 Å². The van der Waals surface area contributed by atoms with Crippen molar-refractivity contribution in [2.45, 2.75) is 26.7 Å². The number of hydrogen-bond acceptors (Lipinski definition) is 2. The van der Waals surface area contributed by atoms with Crippen molar-refractivity contribution in [1.29, 1.82) is 0 Å². The fourth-order valence-corrected chi connectivity index (χ4v) is 1.81. The van der Waals surface area contributed by atoms with Gasteiger partial charge in [-0.25, -0.2) is 0 Å². The van der Waals surface area contributed by atoms with Crippen LogP contribution in [0.25, 0.3) is 0 Å². The van der Waals surface area contributed by atoms with Gasteiger partial charge in [0.1, 0.15) is 4.99 Å². The van der Waals surface area contributed by atoms with E-state index < -0.39 is 0 Å². The van der Waals surface area contributed by atoms with E-state index in [2.05, 4.69) is 5.32 Å². The van der Waals surface area contributed by atoms with Crippen LogP contribution in [0.4, 0.5) is 5.69 Å². The number of carbonyl (C=O) groups excluding carboxylic acids is 1. The molecular weight excluding hydrogens is 220 g/mol. The predicted octanol–water partition coefficient (Wildman–Crippen LogP) is 2.37. The number of carbonyl (C=O) groups is 1. The lowest BCUT2D eigenvalue weighted by molar-refractivity contribution is -0.116. The average Bonchev–Trinajstić information content (AvgIpc) is 2.17. The second kappa shape index (κ2) is 5.61. The normalized spacial score (nSPS) is 9.88. The van der Waals surface area contributed by atoms with E-state index in [0.29, 0.717) is 17.1 Å². The number of benzene rings is 1. The van der Waals surface area contributed by atoms with Gasteiger partial charge in [0.25, 0.3) is 0 Å². The van der Waals surface area contributed by atoms with Crippen LogP contribution in [0.3, 0.4) is 0 Å². The molecule has 1 aromatic carbocycles. The summed E-state index contributed by atoms with van der Waals surface area (Å²) < 4.78 is 0. The quantitative estimate of drug-likeness (QED) is 0.789. The minimum atomic E-state index is -0.00870. The Morgan fingerprint density at radius 3 is 2.75 bits per heavy atom. The van der Waals surface area contributed by atoms with E-state index in [0.717, 1.165) is 17.5 Å². The zero-order chi connectivity index (χ0) is 12.1. The fourth-order valence-electron chi connectivity index (χ4n) is 1.54. The summed E-state index contributed by atoms with van der Waals surface area (Å²) in [6.07, 6.45) is 1.32. The van der Waals surface area contributed by atoms with Gasteiger partial charge in [0.2, 0.25) is 5.91 Å². The summed E-state index contributed by atoms with van der Waals surface area (Å²) >= 11 is 4.98. The van der Waals surface area contributed by atoms with Crippen LogP contribution in [-0.2, 0) is 4.79 Å². The molecule has 4 heteroatoms. The zero-order valence-corrected chi connectivity index (χ0v) is 10.4. The molecule has 0 bridgehead atoms. The van der Waals surface area contributed by atoms with Crippen LogP contribution in [-0.4, -0.2) is 10.9 Å². The summed E-state index contributed by atoms with van der Waals surface area (Å²) in [5, 5.41) is 2.83. The van der Waals surface area contributed by atoms with Crippen molar-refractivity contribution in [3.63, 3.8) is 0 Å². The largest absolute Gasteiger partial charge is 0.389 e. The van der Waals surface area contributed by atoms with Gasteiger partial charge < -0.3 is 11.1 Å². The summed E-state index contributed by atoms with van der Waals surface area (Å²) in [7, 11) is 0. The van der Waals surface area contributed by atoms with Gasteiger partial charge in [-0.15, -0.1) is 0 Å². The maximum atomic E-state index is 11.5. The third kappa shape index (κ3) is 3.03. The molecule has 0 aliphatic rings. The number of thiocarbonyl (C=S) groups is 1. The van der Waals surface area contributed by atoms with Crippen LogP contribution in [0, 0.1) is 6.92 Å². The Bertz CT molecular complexity index is 415. The van der Waals surface area contributed by atoms with Gasteiger partial charge in [0.05, 0.1) is 5.69 Å². The minimum absolute atomic E-state index is 0.00870. The van der Waals surface area contributed by atoms with E-state index in [1.807, 2.05) is 32.0 Å². The second-order valence-electron chi connectivity index (χ2n) is 3.66. The standard InChI is InChI=1S/C12H16N2OS/c1-3-5-10(15)14-9-7-4-6-8(2)11(9)12(13)16/h4,6-7H,3,5H2,1-2H3,(H2,13,16)(H,14,15). The lowest BCUT2D eigenvalue weighted by atomic mass is 10.1. The van der Waals surface area contributed by atoms with Gasteiger partial charge in [-0.2, -0.15) is 0 Å². The zero-order valence-electron chi connectivity index (χ0n) is 9.54. The molecule has 0 radical (unpaired) electrons. The first kappa shape index (κ1) is 12.6. The maximum Gasteiger partial charge on any atom is 0.224 e. The Hall–Kier alpha value is -1.42. The van der Waals surface area contributed by atoms with Gasteiger partial charge in [-0.1, -0.05) is 31.3 Å². The van der Waals surface area contributed by atoms with Crippen LogP contribution >= 0.6 is 12.2 Å². The molecule has 0 aliphatic carbocycles. The third-order valence-corrected chi connectivity index (χ3v) is 2.47. The second-order valence-corrected chi connectivity index (χ2v) is 4.10. The van der Waals surface area contributed by atoms with E-state index in [9.17, 15) is 4.79 Å². The molecule has 0 heterocycles. The molecule has 0 aliphatic heterocycles. The molecule has 0 saturated carbocycles. The van der Waals surface area contributed by atoms with Crippen molar-refractivity contribution < 1.29 is 4.79 Å². The Balaban J connectivity index is 3.00. The molecule has 86 valence electrons. The fraction of sp³-hybridized carbons (Fsp3) is 0.333. The lowest BCUT2D eigenvalue weighted by Crippen LogP contribution is -2.18. The van der Waals surface area contributed by atoms with Crippen molar-refractivity contribution in [2.24, 2.45) is 5.73 Å². The predicted molar refractivity (Wildman–Crippen MR) is 70.6 cm³/mol. The van der Waals surface area contributed by atoms with Crippen LogP contribution in [0.15, 0.2) is 18.2 Å². The molecule has 0 unspecified atom stereocenters. The highest BCUT2D eigenvalue weighted by molar-refractivity contribution is 7.80. The molecule has 0 spiro atoms. The van der Waals surface area contributed by atoms with E-state index in [4.69, 9.17) is 18.0 Å². The first-order valence-electron chi connectivity index (χ1n) is 5.25. The Kier molecular flexibility index (Phi) is 4.43. The monoisotopic (exact) mass is 236 g/mol. The van der Waals surface area contributed by atoms with Gasteiger partial charge in [-0.05, 0) is 25.0 Å². The Morgan fingerprint density at radius 1 is 1.50 bits per heavy atom. The number of anilines is 1. The summed E-state index contributed by atoms with van der Waals surface area (Å²) in [4.78, 5) is 11.8. The van der Waals surface area contributed by atoms with E-state index >= 15 is 0 Å². The average molecular weight is 236 g/mol. The molecule has 0 atom stereocenters. The molecule has 3 N–H and O–H groups in total. The minimum Gasteiger partial charge on any atom is -0.389 e. The van der Waals surface area contributed by atoms with Crippen molar-refractivity contribution >= 4 is 28.8 Å². The Morgan fingerprint density at radius 2 is 2.19 bits per heavy atom. The van der Waals surface area contributed by atoms with E-state index in [1.54, 1.807) is 0 Å². The summed E-state index contributed by atoms with van der Waals surface area (Å²) in [6.45, 7) is 3.88. The number of nitrogens with two attached hydrogens (primary N) is 1. The smallest absolute Gasteiger partial charge is 0.224 e. The molecule has 0 fully saturated rings. The van der Waals surface area contributed by atoms with Crippen molar-refractivity contribution in [3.05, 3.63) is 29.3 Å². The van der Waals surface area contributed by atoms with Crippen molar-refractivity contribution in [3.8, 4) is 0 Å². The van der Waals surface area contributed by atoms with Gasteiger partial charge in [-0.3, -0.25) is 4.79 Å². The SMILES string of the molecule is CCCC(=O)Nc1cccc(C)c1C(N)=S. The number of amides is 1. The van der Waals surface area contributed by atoms with E-state index in [-0.39, 0.29) is 5.91 Å². The first-order valence-corrected chi connectivity index (χ1v) is 5.66. The van der Waals surface area contributed by atoms with Crippen molar-refractivity contribution in [2.75, 3.05) is 5.32 Å². The highest BCUT2D eigenvalue weighted by Crippen LogP contribution is 2.19. The number of hydrogen-bond donors (Lipinski definition) is 2. The first-order chi connectivity index (χ1) is 7.56.